The lowest BCUT2D eigenvalue weighted by molar-refractivity contribution is 0.324. The van der Waals surface area contributed by atoms with Crippen LogP contribution < -0.4 is 14.2 Å². The second kappa shape index (κ2) is 5.70. The van der Waals surface area contributed by atoms with E-state index in [1.54, 1.807) is 12.1 Å². The second-order valence-corrected chi connectivity index (χ2v) is 4.41. The predicted octanol–water partition coefficient (Wildman–Crippen LogP) is 1.11. The second-order valence-electron chi connectivity index (χ2n) is 3.57. The molecule has 1 N–H and O–H groups in total. The highest BCUT2D eigenvalue weighted by molar-refractivity contribution is 7.63. The zero-order valence-electron chi connectivity index (χ0n) is 11.0. The van der Waals surface area contributed by atoms with E-state index in [1.807, 2.05) is 0 Å². The van der Waals surface area contributed by atoms with Gasteiger partial charge in [0.05, 0.1) is 21.3 Å². The number of hydrogen-bond acceptors (Lipinski definition) is 7. The number of ether oxygens (including phenoxy) is 3. The largest absolute Gasteiger partial charge is 0.493 e. The Kier molecular flexibility index (Phi) is 3.99. The molecule has 2 aromatic rings. The SMILES string of the molecule is COc1cc(-c2n[nH]c(=S(=O)=O)o2)cc(OC)c1OC. The van der Waals surface area contributed by atoms with Gasteiger partial charge >= 0.3 is 4.84 Å². The van der Waals surface area contributed by atoms with Gasteiger partial charge in [0, 0.05) is 5.56 Å². The summed E-state index contributed by atoms with van der Waals surface area (Å²) < 4.78 is 42.2. The normalized spacial score (nSPS) is 10.2. The van der Waals surface area contributed by atoms with E-state index in [4.69, 9.17) is 18.6 Å². The van der Waals surface area contributed by atoms with Gasteiger partial charge in [-0.2, -0.15) is 8.42 Å². The first-order chi connectivity index (χ1) is 9.60. The molecular weight excluding hydrogens is 288 g/mol. The van der Waals surface area contributed by atoms with Crippen molar-refractivity contribution in [2.75, 3.05) is 21.3 Å². The van der Waals surface area contributed by atoms with Crippen molar-refractivity contribution in [2.45, 2.75) is 0 Å². The van der Waals surface area contributed by atoms with Crippen molar-refractivity contribution >= 4 is 10.3 Å². The Labute approximate surface area is 115 Å². The lowest BCUT2D eigenvalue weighted by Gasteiger charge is -2.12. The van der Waals surface area contributed by atoms with Gasteiger partial charge in [-0.1, -0.05) is 0 Å². The molecule has 0 bridgehead atoms. The predicted molar refractivity (Wildman–Crippen MR) is 68.1 cm³/mol. The molecule has 8 nitrogen and oxygen atoms in total. The van der Waals surface area contributed by atoms with Crippen LogP contribution in [0.15, 0.2) is 16.5 Å². The summed E-state index contributed by atoms with van der Waals surface area (Å²) >= 11 is 0. The van der Waals surface area contributed by atoms with Gasteiger partial charge in [0.2, 0.25) is 11.6 Å². The molecule has 0 aliphatic rings. The molecule has 0 fully saturated rings. The molecule has 0 amide bonds. The zero-order chi connectivity index (χ0) is 14.7. The zero-order valence-corrected chi connectivity index (χ0v) is 11.8. The van der Waals surface area contributed by atoms with Crippen molar-refractivity contribution in [3.05, 3.63) is 17.0 Å². The Morgan fingerprint density at radius 3 is 2.10 bits per heavy atom. The van der Waals surface area contributed by atoms with Gasteiger partial charge in [0.1, 0.15) is 0 Å². The maximum atomic E-state index is 10.8. The van der Waals surface area contributed by atoms with Gasteiger partial charge < -0.3 is 18.6 Å². The number of nitrogens with zero attached hydrogens (tertiary/aromatic N) is 1. The minimum absolute atomic E-state index is 0.0865. The lowest BCUT2D eigenvalue weighted by atomic mass is 10.2. The van der Waals surface area contributed by atoms with Crippen LogP contribution in [0.5, 0.6) is 17.2 Å². The van der Waals surface area contributed by atoms with Gasteiger partial charge in [0.25, 0.3) is 10.3 Å². The quantitative estimate of drug-likeness (QED) is 0.843. The first-order valence-electron chi connectivity index (χ1n) is 5.38. The van der Waals surface area contributed by atoms with Crippen LogP contribution >= 0.6 is 0 Å². The molecular formula is C11H12N2O6S. The molecule has 0 radical (unpaired) electrons. The molecule has 108 valence electrons. The topological polar surface area (TPSA) is 104 Å². The molecule has 1 heterocycles. The molecule has 0 saturated heterocycles. The molecule has 1 aromatic heterocycles. The molecule has 0 aliphatic heterocycles. The number of aromatic amines is 1. The molecule has 1 aromatic carbocycles. The van der Waals surface area contributed by atoms with Crippen LogP contribution in [0.4, 0.5) is 0 Å². The van der Waals surface area contributed by atoms with Crippen molar-refractivity contribution < 1.29 is 27.0 Å². The van der Waals surface area contributed by atoms with Crippen LogP contribution in [-0.4, -0.2) is 39.9 Å². The lowest BCUT2D eigenvalue weighted by Crippen LogP contribution is -1.95. The molecule has 20 heavy (non-hydrogen) atoms. The van der Waals surface area contributed by atoms with E-state index in [9.17, 15) is 8.42 Å². The third-order valence-corrected chi connectivity index (χ3v) is 2.98. The number of nitrogens with one attached hydrogen (secondary N) is 1. The highest BCUT2D eigenvalue weighted by Crippen LogP contribution is 2.40. The molecule has 0 unspecified atom stereocenters. The maximum absolute atomic E-state index is 10.8. The molecule has 0 saturated carbocycles. The summed E-state index contributed by atoms with van der Waals surface area (Å²) in [6, 6.07) is 3.19. The Balaban J connectivity index is 2.65. The highest BCUT2D eigenvalue weighted by atomic mass is 32.2. The molecule has 2 rings (SSSR count). The van der Waals surface area contributed by atoms with Gasteiger partial charge in [0.15, 0.2) is 11.5 Å². The van der Waals surface area contributed by atoms with Crippen LogP contribution in [-0.2, 0) is 10.3 Å². The summed E-state index contributed by atoms with van der Waals surface area (Å²) in [5, 5.41) is 6.04. The van der Waals surface area contributed by atoms with Crippen LogP contribution in [0, 0.1) is 4.84 Å². The number of H-pyrrole nitrogens is 1. The standard InChI is InChI=1S/C11H12N2O6S/c1-16-7-4-6(5-8(17-2)9(7)18-3)10-12-13-11(19-10)20(14)15/h4-5,13H,1-3H3. The van der Waals surface area contributed by atoms with E-state index in [0.717, 1.165) is 0 Å². The van der Waals surface area contributed by atoms with Gasteiger partial charge in [-0.15, -0.1) is 5.10 Å². The Hall–Kier alpha value is -2.42. The van der Waals surface area contributed by atoms with Gasteiger partial charge in [-0.25, -0.2) is 5.10 Å². The number of rotatable bonds is 4. The van der Waals surface area contributed by atoms with E-state index in [-0.39, 0.29) is 10.7 Å². The molecule has 9 heteroatoms. The summed E-state index contributed by atoms with van der Waals surface area (Å²) in [5.41, 5.74) is 0.479. The summed E-state index contributed by atoms with van der Waals surface area (Å²) in [5.74, 6) is 1.32. The van der Waals surface area contributed by atoms with Gasteiger partial charge in [-0.3, -0.25) is 0 Å². The minimum Gasteiger partial charge on any atom is -0.493 e. The van der Waals surface area contributed by atoms with Gasteiger partial charge in [-0.05, 0) is 12.1 Å². The van der Waals surface area contributed by atoms with E-state index in [1.165, 1.54) is 21.3 Å². The fourth-order valence-electron chi connectivity index (χ4n) is 1.63. The molecule has 0 aliphatic carbocycles. The Bertz CT molecular complexity index is 756. The van der Waals surface area contributed by atoms with Crippen LogP contribution in [0.2, 0.25) is 0 Å². The van der Waals surface area contributed by atoms with Crippen molar-refractivity contribution in [2.24, 2.45) is 0 Å². The minimum atomic E-state index is -2.52. The smallest absolute Gasteiger partial charge is 0.340 e. The third-order valence-electron chi connectivity index (χ3n) is 2.50. The average Bonchev–Trinajstić information content (AvgIpc) is 2.95. The third kappa shape index (κ3) is 2.48. The van der Waals surface area contributed by atoms with Crippen LogP contribution in [0.25, 0.3) is 11.5 Å². The Morgan fingerprint density at radius 1 is 1.10 bits per heavy atom. The monoisotopic (exact) mass is 300 g/mol. The number of methoxy groups -OCH3 is 3. The van der Waals surface area contributed by atoms with Crippen molar-refractivity contribution in [1.82, 2.24) is 10.2 Å². The van der Waals surface area contributed by atoms with Crippen molar-refractivity contribution in [1.29, 1.82) is 0 Å². The maximum Gasteiger partial charge on any atom is 0.340 e. The fraction of sp³-hybridized carbons (Fsp3) is 0.273. The van der Waals surface area contributed by atoms with Crippen LogP contribution in [0.1, 0.15) is 0 Å². The van der Waals surface area contributed by atoms with E-state index < -0.39 is 10.3 Å². The summed E-state index contributed by atoms with van der Waals surface area (Å²) in [6.07, 6.45) is 0. The Morgan fingerprint density at radius 2 is 1.70 bits per heavy atom. The summed E-state index contributed by atoms with van der Waals surface area (Å²) in [4.78, 5) is -0.367. The molecule has 0 atom stereocenters. The first-order valence-corrected chi connectivity index (χ1v) is 6.46. The van der Waals surface area contributed by atoms with Crippen LogP contribution in [0.3, 0.4) is 0 Å². The van der Waals surface area contributed by atoms with Crippen molar-refractivity contribution in [3.8, 4) is 28.7 Å². The van der Waals surface area contributed by atoms with E-state index >= 15 is 0 Å². The van der Waals surface area contributed by atoms with E-state index in [2.05, 4.69) is 10.2 Å². The first kappa shape index (κ1) is 14.0. The molecule has 0 spiro atoms. The number of benzene rings is 1. The fourth-order valence-corrected chi connectivity index (χ4v) is 1.90. The number of aromatic nitrogens is 2. The van der Waals surface area contributed by atoms with Crippen molar-refractivity contribution in [3.63, 3.8) is 0 Å². The summed E-state index contributed by atoms with van der Waals surface area (Å²) in [7, 11) is 1.91. The average molecular weight is 300 g/mol. The summed E-state index contributed by atoms with van der Waals surface area (Å²) in [6.45, 7) is 0. The highest BCUT2D eigenvalue weighted by Gasteiger charge is 2.16. The van der Waals surface area contributed by atoms with E-state index in [0.29, 0.717) is 22.8 Å². The number of hydrogen-bond donors (Lipinski definition) is 1.